The van der Waals surface area contributed by atoms with Gasteiger partial charge in [0.05, 0.1) is 23.9 Å². The Morgan fingerprint density at radius 3 is 2.28 bits per heavy atom. The van der Waals surface area contributed by atoms with Gasteiger partial charge in [-0.2, -0.15) is 0 Å². The molecule has 3 aromatic carbocycles. The van der Waals surface area contributed by atoms with Crippen molar-refractivity contribution in [3.63, 3.8) is 0 Å². The lowest BCUT2D eigenvalue weighted by atomic mass is 9.98. The van der Waals surface area contributed by atoms with Gasteiger partial charge < -0.3 is 25.3 Å². The third kappa shape index (κ3) is 6.66. The molecule has 1 aromatic heterocycles. The standard InChI is InChI=1S/C30H22F5N3O5/c1-41-24-13-19(43-30(33,34)35)9-11-23(24)42-18-7-4-15(5-8-18)21-14-37-27(16-2-3-16)26(32)25(21)29(40)38-17-6-10-22(31)20(12-17)28(36)39/h4-14,16H,2-3H2,1H3,(H2,36,39)(H,38,40). The maximum Gasteiger partial charge on any atom is 0.573 e. The highest BCUT2D eigenvalue weighted by atomic mass is 19.4. The van der Waals surface area contributed by atoms with E-state index in [4.69, 9.17) is 15.2 Å². The fraction of sp³-hybridized carbons (Fsp3) is 0.167. The molecule has 0 saturated heterocycles. The van der Waals surface area contributed by atoms with Crippen LogP contribution in [0.4, 0.5) is 27.6 Å². The van der Waals surface area contributed by atoms with Gasteiger partial charge in [0.2, 0.25) is 0 Å². The molecule has 43 heavy (non-hydrogen) atoms. The molecule has 0 bridgehead atoms. The van der Waals surface area contributed by atoms with Crippen LogP contribution >= 0.6 is 0 Å². The van der Waals surface area contributed by atoms with E-state index in [0.717, 1.165) is 37.1 Å². The quantitative estimate of drug-likeness (QED) is 0.201. The summed E-state index contributed by atoms with van der Waals surface area (Å²) in [7, 11) is 1.25. The van der Waals surface area contributed by atoms with Gasteiger partial charge in [0.1, 0.15) is 17.3 Å². The van der Waals surface area contributed by atoms with E-state index >= 15 is 4.39 Å². The summed E-state index contributed by atoms with van der Waals surface area (Å²) in [5.74, 6) is -3.85. The van der Waals surface area contributed by atoms with Crippen LogP contribution in [0.2, 0.25) is 0 Å². The molecule has 1 heterocycles. The summed E-state index contributed by atoms with van der Waals surface area (Å²) in [6, 6.07) is 12.6. The van der Waals surface area contributed by atoms with Gasteiger partial charge >= 0.3 is 6.36 Å². The number of alkyl halides is 3. The first-order chi connectivity index (χ1) is 20.4. The number of nitrogens with zero attached hydrogens (tertiary/aromatic N) is 1. The number of nitrogens with one attached hydrogen (secondary N) is 1. The summed E-state index contributed by atoms with van der Waals surface area (Å²) in [5.41, 5.74) is 5.16. The Hall–Kier alpha value is -5.20. The number of primary amides is 1. The molecule has 5 rings (SSSR count). The van der Waals surface area contributed by atoms with E-state index in [9.17, 15) is 27.2 Å². The van der Waals surface area contributed by atoms with Crippen molar-refractivity contribution in [3.8, 4) is 34.1 Å². The van der Waals surface area contributed by atoms with Gasteiger partial charge in [-0.15, -0.1) is 13.2 Å². The van der Waals surface area contributed by atoms with Gasteiger partial charge in [-0.1, -0.05) is 12.1 Å². The highest BCUT2D eigenvalue weighted by molar-refractivity contribution is 6.09. The Kier molecular flexibility index (Phi) is 7.89. The van der Waals surface area contributed by atoms with Crippen molar-refractivity contribution in [2.75, 3.05) is 12.4 Å². The number of nitrogens with two attached hydrogens (primary N) is 1. The zero-order chi connectivity index (χ0) is 30.9. The van der Waals surface area contributed by atoms with Gasteiger partial charge in [0.15, 0.2) is 17.3 Å². The Balaban J connectivity index is 1.43. The first-order valence-electron chi connectivity index (χ1n) is 12.7. The van der Waals surface area contributed by atoms with Gasteiger partial charge in [-0.05, 0) is 60.9 Å². The van der Waals surface area contributed by atoms with Crippen LogP contribution in [0.15, 0.2) is 66.9 Å². The van der Waals surface area contributed by atoms with Crippen molar-refractivity contribution < 1.29 is 45.8 Å². The van der Waals surface area contributed by atoms with E-state index < -0.39 is 41.1 Å². The molecule has 0 atom stereocenters. The number of benzene rings is 3. The molecule has 0 spiro atoms. The van der Waals surface area contributed by atoms with Crippen molar-refractivity contribution in [1.29, 1.82) is 0 Å². The summed E-state index contributed by atoms with van der Waals surface area (Å²) in [6.07, 6.45) is -2.05. The van der Waals surface area contributed by atoms with E-state index in [2.05, 4.69) is 15.0 Å². The number of rotatable bonds is 9. The average Bonchev–Trinajstić information content (AvgIpc) is 3.79. The Bertz CT molecular complexity index is 1710. The van der Waals surface area contributed by atoms with Crippen LogP contribution < -0.4 is 25.3 Å². The second-order valence-electron chi connectivity index (χ2n) is 9.52. The van der Waals surface area contributed by atoms with Crippen LogP contribution in [-0.2, 0) is 0 Å². The van der Waals surface area contributed by atoms with E-state index in [0.29, 0.717) is 5.56 Å². The summed E-state index contributed by atoms with van der Waals surface area (Å²) >= 11 is 0. The summed E-state index contributed by atoms with van der Waals surface area (Å²) in [5, 5.41) is 2.49. The fourth-order valence-electron chi connectivity index (χ4n) is 4.33. The molecule has 1 aliphatic rings. The van der Waals surface area contributed by atoms with Crippen LogP contribution in [0.25, 0.3) is 11.1 Å². The van der Waals surface area contributed by atoms with Crippen molar-refractivity contribution >= 4 is 17.5 Å². The average molecular weight is 600 g/mol. The number of ether oxygens (including phenoxy) is 3. The van der Waals surface area contributed by atoms with Crippen LogP contribution in [0.3, 0.4) is 0 Å². The number of pyridine rings is 1. The monoisotopic (exact) mass is 599 g/mol. The van der Waals surface area contributed by atoms with Gasteiger partial charge in [0, 0.05) is 29.4 Å². The van der Waals surface area contributed by atoms with Gasteiger partial charge in [-0.25, -0.2) is 8.78 Å². The number of carbonyl (C=O) groups excluding carboxylic acids is 2. The number of hydrogen-bond acceptors (Lipinski definition) is 6. The van der Waals surface area contributed by atoms with Gasteiger partial charge in [-0.3, -0.25) is 14.6 Å². The first kappa shape index (κ1) is 29.3. The maximum atomic E-state index is 15.7. The van der Waals surface area contributed by atoms with Crippen molar-refractivity contribution in [2.24, 2.45) is 5.73 Å². The maximum absolute atomic E-state index is 15.7. The second-order valence-corrected chi connectivity index (χ2v) is 9.52. The Morgan fingerprint density at radius 2 is 1.65 bits per heavy atom. The smallest absolute Gasteiger partial charge is 0.493 e. The molecule has 222 valence electrons. The lowest BCUT2D eigenvalue weighted by Crippen LogP contribution is -2.18. The molecule has 0 unspecified atom stereocenters. The number of hydrogen-bond donors (Lipinski definition) is 2. The zero-order valence-corrected chi connectivity index (χ0v) is 22.3. The van der Waals surface area contributed by atoms with E-state index in [1.807, 2.05) is 0 Å². The second kappa shape index (κ2) is 11.6. The first-order valence-corrected chi connectivity index (χ1v) is 12.7. The molecule has 4 aromatic rings. The molecule has 1 aliphatic carbocycles. The highest BCUT2D eigenvalue weighted by Gasteiger charge is 2.33. The molecule has 2 amide bonds. The molecule has 0 radical (unpaired) electrons. The molecule has 3 N–H and O–H groups in total. The minimum atomic E-state index is -4.88. The number of halogens is 5. The molecule has 1 saturated carbocycles. The number of carbonyl (C=O) groups is 2. The molecule has 1 fully saturated rings. The zero-order valence-electron chi connectivity index (χ0n) is 22.3. The minimum absolute atomic E-state index is 0.0213. The molecule has 13 heteroatoms. The topological polar surface area (TPSA) is 113 Å². The van der Waals surface area contributed by atoms with Crippen LogP contribution in [-0.4, -0.2) is 30.3 Å². The molecular weight excluding hydrogens is 577 g/mol. The lowest BCUT2D eigenvalue weighted by molar-refractivity contribution is -0.274. The third-order valence-electron chi connectivity index (χ3n) is 6.49. The number of aromatic nitrogens is 1. The van der Waals surface area contributed by atoms with Crippen molar-refractivity contribution in [1.82, 2.24) is 4.98 Å². The highest BCUT2D eigenvalue weighted by Crippen LogP contribution is 2.42. The Labute approximate surface area is 241 Å². The van der Waals surface area contributed by atoms with Crippen LogP contribution in [0.1, 0.15) is 45.2 Å². The number of anilines is 1. The third-order valence-corrected chi connectivity index (χ3v) is 6.49. The van der Waals surface area contributed by atoms with Crippen LogP contribution in [0, 0.1) is 11.6 Å². The lowest BCUT2D eigenvalue weighted by Gasteiger charge is -2.15. The predicted octanol–water partition coefficient (Wildman–Crippen LogP) is 6.95. The summed E-state index contributed by atoms with van der Waals surface area (Å²) in [4.78, 5) is 29.2. The van der Waals surface area contributed by atoms with Crippen molar-refractivity contribution in [3.05, 3.63) is 95.3 Å². The van der Waals surface area contributed by atoms with Gasteiger partial charge in [0.25, 0.3) is 11.8 Å². The number of amides is 2. The SMILES string of the molecule is COc1cc(OC(F)(F)F)ccc1Oc1ccc(-c2cnc(C3CC3)c(F)c2C(=O)Nc2ccc(F)c(C(N)=O)c2)cc1. The predicted molar refractivity (Wildman–Crippen MR) is 144 cm³/mol. The van der Waals surface area contributed by atoms with E-state index in [1.54, 1.807) is 0 Å². The summed E-state index contributed by atoms with van der Waals surface area (Å²) < 4.78 is 82.1. The number of methoxy groups -OCH3 is 1. The summed E-state index contributed by atoms with van der Waals surface area (Å²) in [6.45, 7) is 0. The van der Waals surface area contributed by atoms with Crippen LogP contribution in [0.5, 0.6) is 23.0 Å². The fourth-order valence-corrected chi connectivity index (χ4v) is 4.33. The largest absolute Gasteiger partial charge is 0.573 e. The molecular formula is C30H22F5N3O5. The van der Waals surface area contributed by atoms with E-state index in [1.165, 1.54) is 49.7 Å². The molecule has 0 aliphatic heterocycles. The Morgan fingerprint density at radius 1 is 0.953 bits per heavy atom. The van der Waals surface area contributed by atoms with E-state index in [-0.39, 0.29) is 45.7 Å². The normalized spacial score (nSPS) is 12.9. The molecule has 8 nitrogen and oxygen atoms in total. The van der Waals surface area contributed by atoms with Crippen molar-refractivity contribution in [2.45, 2.75) is 25.1 Å². The minimum Gasteiger partial charge on any atom is -0.493 e.